The fourth-order valence-electron chi connectivity index (χ4n) is 2.63. The lowest BCUT2D eigenvalue weighted by molar-refractivity contribution is -0.138. The van der Waals surface area contributed by atoms with Crippen LogP contribution in [0.4, 0.5) is 0 Å². The fraction of sp³-hybridized carbons (Fsp3) is 0.211. The summed E-state index contributed by atoms with van der Waals surface area (Å²) < 4.78 is 16.0. The molecule has 1 aliphatic heterocycles. The number of hydrogen-bond donors (Lipinski definition) is 0. The zero-order valence-corrected chi connectivity index (χ0v) is 14.6. The number of carbonyl (C=O) groups is 1. The van der Waals surface area contributed by atoms with E-state index in [-0.39, 0.29) is 12.6 Å². The molecule has 0 saturated heterocycles. The Bertz CT molecular complexity index is 794. The molecule has 124 valence electrons. The number of esters is 1. The molecule has 0 fully saturated rings. The summed E-state index contributed by atoms with van der Waals surface area (Å²) in [6, 6.07) is 11.7. The van der Waals surface area contributed by atoms with E-state index in [1.807, 2.05) is 48.7 Å². The van der Waals surface area contributed by atoms with E-state index in [0.717, 1.165) is 16.7 Å². The molecular weight excluding hydrogens is 324 g/mol. The second kappa shape index (κ2) is 7.01. The van der Waals surface area contributed by atoms with Gasteiger partial charge >= 0.3 is 5.97 Å². The van der Waals surface area contributed by atoms with Crippen molar-refractivity contribution in [3.63, 3.8) is 0 Å². The molecule has 0 aliphatic carbocycles. The van der Waals surface area contributed by atoms with Crippen molar-refractivity contribution in [2.75, 3.05) is 20.5 Å². The number of hydrogen-bond acceptors (Lipinski definition) is 5. The SMILES string of the molecule is COc1cc2c(cc1OC)/C(=C/c1ccc(SC)cc1)C(=O)OC2. The van der Waals surface area contributed by atoms with Gasteiger partial charge in [-0.05, 0) is 47.7 Å². The second-order valence-electron chi connectivity index (χ2n) is 5.27. The Morgan fingerprint density at radius 3 is 2.38 bits per heavy atom. The van der Waals surface area contributed by atoms with Crippen molar-refractivity contribution in [2.45, 2.75) is 11.5 Å². The quantitative estimate of drug-likeness (QED) is 0.477. The number of thioether (sulfide) groups is 1. The molecule has 0 atom stereocenters. The summed E-state index contributed by atoms with van der Waals surface area (Å²) in [5.74, 6) is 0.885. The van der Waals surface area contributed by atoms with Gasteiger partial charge in [0.1, 0.15) is 6.61 Å². The van der Waals surface area contributed by atoms with Crippen molar-refractivity contribution in [3.05, 3.63) is 53.1 Å². The molecule has 0 N–H and O–H groups in total. The molecular formula is C19H18O4S. The van der Waals surface area contributed by atoms with Gasteiger partial charge in [-0.15, -0.1) is 11.8 Å². The summed E-state index contributed by atoms with van der Waals surface area (Å²) in [4.78, 5) is 13.4. The Kier molecular flexibility index (Phi) is 4.81. The van der Waals surface area contributed by atoms with Crippen molar-refractivity contribution < 1.29 is 19.0 Å². The standard InChI is InChI=1S/C19H18O4S/c1-21-17-9-13-11-23-19(20)16(15(13)10-18(17)22-2)8-12-4-6-14(24-3)7-5-12/h4-10H,11H2,1-3H3/b16-8-. The Morgan fingerprint density at radius 1 is 1.08 bits per heavy atom. The molecule has 0 saturated carbocycles. The van der Waals surface area contributed by atoms with Gasteiger partial charge in [-0.1, -0.05) is 12.1 Å². The molecule has 3 rings (SSSR count). The van der Waals surface area contributed by atoms with Gasteiger partial charge in [-0.3, -0.25) is 0 Å². The van der Waals surface area contributed by atoms with E-state index in [1.165, 1.54) is 4.90 Å². The summed E-state index contributed by atoms with van der Waals surface area (Å²) >= 11 is 1.68. The van der Waals surface area contributed by atoms with Gasteiger partial charge in [-0.2, -0.15) is 0 Å². The third kappa shape index (κ3) is 3.12. The molecule has 4 nitrogen and oxygen atoms in total. The summed E-state index contributed by atoms with van der Waals surface area (Å²) in [5.41, 5.74) is 3.19. The van der Waals surface area contributed by atoms with Crippen molar-refractivity contribution >= 4 is 29.4 Å². The highest BCUT2D eigenvalue weighted by molar-refractivity contribution is 7.98. The lowest BCUT2D eigenvalue weighted by Crippen LogP contribution is -2.15. The molecule has 1 heterocycles. The number of ether oxygens (including phenoxy) is 3. The zero-order chi connectivity index (χ0) is 17.1. The van der Waals surface area contributed by atoms with E-state index in [9.17, 15) is 4.79 Å². The summed E-state index contributed by atoms with van der Waals surface area (Å²) in [7, 11) is 3.17. The zero-order valence-electron chi connectivity index (χ0n) is 13.8. The molecule has 0 amide bonds. The van der Waals surface area contributed by atoms with Gasteiger partial charge < -0.3 is 14.2 Å². The average molecular weight is 342 g/mol. The largest absolute Gasteiger partial charge is 0.493 e. The van der Waals surface area contributed by atoms with Crippen molar-refractivity contribution in [1.82, 2.24) is 0 Å². The van der Waals surface area contributed by atoms with E-state index in [2.05, 4.69) is 0 Å². The number of fused-ring (bicyclic) bond motifs is 1. The highest BCUT2D eigenvalue weighted by Gasteiger charge is 2.25. The smallest absolute Gasteiger partial charge is 0.339 e. The van der Waals surface area contributed by atoms with Gasteiger partial charge in [0.05, 0.1) is 19.8 Å². The van der Waals surface area contributed by atoms with E-state index in [1.54, 1.807) is 26.0 Å². The molecule has 0 radical (unpaired) electrons. The Labute approximate surface area is 145 Å². The maximum absolute atomic E-state index is 12.3. The minimum absolute atomic E-state index is 0.233. The minimum atomic E-state index is -0.330. The number of carbonyl (C=O) groups excluding carboxylic acids is 1. The molecule has 0 spiro atoms. The first kappa shape index (κ1) is 16.5. The number of benzene rings is 2. The summed E-state index contributed by atoms with van der Waals surface area (Å²) in [6.45, 7) is 0.233. The van der Waals surface area contributed by atoms with Crippen LogP contribution >= 0.6 is 11.8 Å². The molecule has 2 aromatic carbocycles. The monoisotopic (exact) mass is 342 g/mol. The van der Waals surface area contributed by atoms with Gasteiger partial charge in [0.25, 0.3) is 0 Å². The lowest BCUT2D eigenvalue weighted by atomic mass is 9.95. The van der Waals surface area contributed by atoms with Crippen LogP contribution in [0.3, 0.4) is 0 Å². The molecule has 5 heteroatoms. The third-order valence-corrected chi connectivity index (χ3v) is 4.65. The van der Waals surface area contributed by atoms with Crippen molar-refractivity contribution in [1.29, 1.82) is 0 Å². The van der Waals surface area contributed by atoms with Crippen LogP contribution in [0, 0.1) is 0 Å². The Balaban J connectivity index is 2.08. The first-order valence-corrected chi connectivity index (χ1v) is 8.67. The molecule has 1 aliphatic rings. The van der Waals surface area contributed by atoms with Crippen LogP contribution in [0.1, 0.15) is 16.7 Å². The highest BCUT2D eigenvalue weighted by Crippen LogP contribution is 2.37. The predicted molar refractivity (Wildman–Crippen MR) is 95.4 cm³/mol. The third-order valence-electron chi connectivity index (χ3n) is 3.91. The van der Waals surface area contributed by atoms with E-state index >= 15 is 0 Å². The van der Waals surface area contributed by atoms with Crippen LogP contribution in [-0.4, -0.2) is 26.4 Å². The second-order valence-corrected chi connectivity index (χ2v) is 6.15. The first-order valence-electron chi connectivity index (χ1n) is 7.44. The van der Waals surface area contributed by atoms with Crippen LogP contribution in [0.15, 0.2) is 41.3 Å². The van der Waals surface area contributed by atoms with Gasteiger partial charge in [0, 0.05) is 10.5 Å². The minimum Gasteiger partial charge on any atom is -0.493 e. The van der Waals surface area contributed by atoms with Gasteiger partial charge in [0.2, 0.25) is 0 Å². The van der Waals surface area contributed by atoms with Gasteiger partial charge in [0.15, 0.2) is 11.5 Å². The predicted octanol–water partition coefficient (Wildman–Crippen LogP) is 4.02. The van der Waals surface area contributed by atoms with Crippen LogP contribution < -0.4 is 9.47 Å². The lowest BCUT2D eigenvalue weighted by Gasteiger charge is -2.21. The maximum atomic E-state index is 12.3. The van der Waals surface area contributed by atoms with E-state index < -0.39 is 0 Å². The van der Waals surface area contributed by atoms with Crippen molar-refractivity contribution in [2.24, 2.45) is 0 Å². The Hall–Kier alpha value is -2.40. The highest BCUT2D eigenvalue weighted by atomic mass is 32.2. The fourth-order valence-corrected chi connectivity index (χ4v) is 3.03. The van der Waals surface area contributed by atoms with Gasteiger partial charge in [-0.25, -0.2) is 4.79 Å². The van der Waals surface area contributed by atoms with Crippen LogP contribution in [-0.2, 0) is 16.1 Å². The number of rotatable bonds is 4. The first-order chi connectivity index (χ1) is 11.7. The maximum Gasteiger partial charge on any atom is 0.339 e. The summed E-state index contributed by atoms with van der Waals surface area (Å²) in [6.07, 6.45) is 3.87. The van der Waals surface area contributed by atoms with Crippen LogP contribution in [0.25, 0.3) is 11.6 Å². The van der Waals surface area contributed by atoms with Crippen molar-refractivity contribution in [3.8, 4) is 11.5 Å². The number of methoxy groups -OCH3 is 2. The molecule has 0 aromatic heterocycles. The molecule has 2 aromatic rings. The van der Waals surface area contributed by atoms with Crippen LogP contribution in [0.5, 0.6) is 11.5 Å². The van der Waals surface area contributed by atoms with Crippen LogP contribution in [0.2, 0.25) is 0 Å². The molecule has 0 bridgehead atoms. The topological polar surface area (TPSA) is 44.8 Å². The molecule has 24 heavy (non-hydrogen) atoms. The Morgan fingerprint density at radius 2 is 1.75 bits per heavy atom. The number of cyclic esters (lactones) is 1. The van der Waals surface area contributed by atoms with E-state index in [0.29, 0.717) is 17.1 Å². The van der Waals surface area contributed by atoms with E-state index in [4.69, 9.17) is 14.2 Å². The normalized spacial score (nSPS) is 15.0. The average Bonchev–Trinajstić information content (AvgIpc) is 2.63. The molecule has 0 unspecified atom stereocenters. The summed E-state index contributed by atoms with van der Waals surface area (Å²) in [5, 5.41) is 0.